The van der Waals surface area contributed by atoms with Gasteiger partial charge in [-0.1, -0.05) is 27.3 Å². The van der Waals surface area contributed by atoms with Crippen molar-refractivity contribution in [1.82, 2.24) is 24.7 Å². The molecule has 0 spiro atoms. The lowest BCUT2D eigenvalue weighted by Crippen LogP contribution is -2.49. The molecule has 0 aliphatic carbocycles. The predicted octanol–water partition coefficient (Wildman–Crippen LogP) is 3.26. The summed E-state index contributed by atoms with van der Waals surface area (Å²) >= 11 is 0. The zero-order valence-electron chi connectivity index (χ0n) is 17.8. The van der Waals surface area contributed by atoms with Crippen LogP contribution in [0.1, 0.15) is 44.0 Å². The van der Waals surface area contributed by atoms with E-state index < -0.39 is 0 Å². The van der Waals surface area contributed by atoms with Crippen molar-refractivity contribution in [2.45, 2.75) is 53.6 Å². The fourth-order valence-electron chi connectivity index (χ4n) is 3.92. The average molecular weight is 422 g/mol. The molecule has 1 atom stereocenters. The molecule has 0 saturated carbocycles. The van der Waals surface area contributed by atoms with Gasteiger partial charge in [0, 0.05) is 25.9 Å². The van der Waals surface area contributed by atoms with Gasteiger partial charge in [-0.25, -0.2) is 9.97 Å². The topological polar surface area (TPSA) is 88.8 Å². The Labute approximate surface area is 183 Å². The molecule has 0 radical (unpaired) electrons. The molecule has 8 nitrogen and oxygen atoms in total. The van der Waals surface area contributed by atoms with Gasteiger partial charge in [-0.3, -0.25) is 14.5 Å². The number of amides is 1. The Hall–Kier alpha value is -3.29. The second kappa shape index (κ2) is 9.24. The molecule has 4 heterocycles. The van der Waals surface area contributed by atoms with Gasteiger partial charge < -0.3 is 10.2 Å². The molecule has 3 aromatic heterocycles. The maximum Gasteiger partial charge on any atom is 0.247 e. The largest absolute Gasteiger partial charge is 0.346 e. The van der Waals surface area contributed by atoms with Crippen molar-refractivity contribution in [2.75, 3.05) is 17.3 Å². The summed E-state index contributed by atoms with van der Waals surface area (Å²) in [5.74, 6) is 1.75. The first-order valence-corrected chi connectivity index (χ1v) is 10.2. The molecule has 0 saturated heterocycles. The van der Waals surface area contributed by atoms with E-state index in [1.165, 1.54) is 0 Å². The van der Waals surface area contributed by atoms with E-state index in [-0.39, 0.29) is 25.3 Å². The summed E-state index contributed by atoms with van der Waals surface area (Å²) in [6, 6.07) is 5.64. The number of pyridine rings is 1. The van der Waals surface area contributed by atoms with Crippen LogP contribution in [0.15, 0.2) is 36.8 Å². The number of aromatic nitrogens is 5. The Bertz CT molecular complexity index is 1050. The number of anilines is 2. The third kappa shape index (κ3) is 4.73. The van der Waals surface area contributed by atoms with Gasteiger partial charge in [0.15, 0.2) is 5.82 Å². The summed E-state index contributed by atoms with van der Waals surface area (Å²) in [4.78, 5) is 28.2. The summed E-state index contributed by atoms with van der Waals surface area (Å²) in [5, 5.41) is 7.43. The average Bonchev–Trinajstić information content (AvgIpc) is 3.15. The number of likely N-dealkylation sites (N-methyl/N-ethyl adjacent to an activating group) is 1. The molecule has 8 heteroatoms. The summed E-state index contributed by atoms with van der Waals surface area (Å²) < 4.78 is 1.90. The van der Waals surface area contributed by atoms with E-state index in [1.54, 1.807) is 6.20 Å². The van der Waals surface area contributed by atoms with Crippen molar-refractivity contribution in [1.29, 1.82) is 0 Å². The molecule has 1 amide bonds. The van der Waals surface area contributed by atoms with E-state index in [4.69, 9.17) is 4.98 Å². The van der Waals surface area contributed by atoms with Crippen LogP contribution in [0.2, 0.25) is 0 Å². The number of carbonyl (C=O) groups excluding carboxylic acids is 1. The molecule has 0 bridgehead atoms. The first-order valence-electron chi connectivity index (χ1n) is 10.2. The molecule has 164 valence electrons. The number of nitrogens with one attached hydrogen (secondary N) is 1. The highest BCUT2D eigenvalue weighted by molar-refractivity contribution is 6.03. The van der Waals surface area contributed by atoms with Gasteiger partial charge >= 0.3 is 0 Å². The Morgan fingerprint density at radius 3 is 2.71 bits per heavy atom. The van der Waals surface area contributed by atoms with Crippen molar-refractivity contribution >= 4 is 17.4 Å². The molecule has 31 heavy (non-hydrogen) atoms. The predicted molar refractivity (Wildman–Crippen MR) is 122 cm³/mol. The third-order valence-electron chi connectivity index (χ3n) is 5.39. The fourth-order valence-corrected chi connectivity index (χ4v) is 3.92. The van der Waals surface area contributed by atoms with Crippen LogP contribution in [-0.2, 0) is 24.2 Å². The molecule has 3 aromatic rings. The minimum atomic E-state index is -0.232. The molecule has 4 rings (SSSR count). The van der Waals surface area contributed by atoms with Gasteiger partial charge in [-0.15, -0.1) is 0 Å². The van der Waals surface area contributed by atoms with E-state index in [0.717, 1.165) is 35.0 Å². The third-order valence-corrected chi connectivity index (χ3v) is 5.39. The van der Waals surface area contributed by atoms with Gasteiger partial charge in [0.25, 0.3) is 0 Å². The van der Waals surface area contributed by atoms with Crippen LogP contribution in [0.3, 0.4) is 0 Å². The van der Waals surface area contributed by atoms with E-state index in [0.29, 0.717) is 18.7 Å². The van der Waals surface area contributed by atoms with Crippen molar-refractivity contribution in [3.8, 4) is 0 Å². The highest BCUT2D eigenvalue weighted by Gasteiger charge is 2.35. The van der Waals surface area contributed by atoms with Gasteiger partial charge in [0.05, 0.1) is 24.1 Å². The monoisotopic (exact) mass is 421 g/mol. The number of aryl methyl sites for hydroxylation is 3. The number of fused-ring (bicyclic) bond motifs is 1. The van der Waals surface area contributed by atoms with Crippen LogP contribution in [-0.4, -0.2) is 43.7 Å². The van der Waals surface area contributed by atoms with Crippen LogP contribution < -0.4 is 10.2 Å². The van der Waals surface area contributed by atoms with E-state index >= 15 is 0 Å². The second-order valence-corrected chi connectivity index (χ2v) is 8.08. The maximum atomic E-state index is 12.5. The normalized spacial score (nSPS) is 15.5. The van der Waals surface area contributed by atoms with Gasteiger partial charge in [-0.2, -0.15) is 5.10 Å². The standard InChI is InChI=1S/C22H27N7O.CH4/c1-14(2)20-22(30)27-19-15(3)25-18(26-21(19)28(20)4)9-8-16-11-24-29(12-16)13-17-7-5-6-10-23-17;/h5-7,10-12,14,20H,8-9,13H2,1-4H3,(H,27,30);1H4/t20-;/m0./s1. The summed E-state index contributed by atoms with van der Waals surface area (Å²) in [5.41, 5.74) is 3.62. The smallest absolute Gasteiger partial charge is 0.247 e. The zero-order valence-corrected chi connectivity index (χ0v) is 17.8. The lowest BCUT2D eigenvalue weighted by Gasteiger charge is -2.36. The number of carbonyl (C=O) groups is 1. The van der Waals surface area contributed by atoms with Crippen LogP contribution >= 0.6 is 0 Å². The fraction of sp³-hybridized carbons (Fsp3) is 0.435. The molecule has 0 unspecified atom stereocenters. The van der Waals surface area contributed by atoms with Crippen LogP contribution in [0, 0.1) is 12.8 Å². The Kier molecular flexibility index (Phi) is 6.68. The molecular weight excluding hydrogens is 390 g/mol. The van der Waals surface area contributed by atoms with Crippen LogP contribution in [0.25, 0.3) is 0 Å². The lowest BCUT2D eigenvalue weighted by molar-refractivity contribution is -0.118. The lowest BCUT2D eigenvalue weighted by atomic mass is 9.99. The second-order valence-electron chi connectivity index (χ2n) is 8.08. The summed E-state index contributed by atoms with van der Waals surface area (Å²) in [7, 11) is 1.93. The molecule has 1 N–H and O–H groups in total. The van der Waals surface area contributed by atoms with E-state index in [2.05, 4.69) is 20.4 Å². The van der Waals surface area contributed by atoms with Crippen molar-refractivity contribution in [3.05, 3.63) is 59.6 Å². The quantitative estimate of drug-likeness (QED) is 0.657. The zero-order chi connectivity index (χ0) is 21.3. The van der Waals surface area contributed by atoms with Crippen LogP contribution in [0.5, 0.6) is 0 Å². The Morgan fingerprint density at radius 2 is 2.00 bits per heavy atom. The maximum absolute atomic E-state index is 12.5. The van der Waals surface area contributed by atoms with Gasteiger partial charge in [0.1, 0.15) is 17.6 Å². The highest BCUT2D eigenvalue weighted by atomic mass is 16.2. The number of rotatable bonds is 6. The molecular formula is C23H31N7O. The molecule has 1 aliphatic heterocycles. The summed E-state index contributed by atoms with van der Waals surface area (Å²) in [6.45, 7) is 6.65. The minimum Gasteiger partial charge on any atom is -0.346 e. The van der Waals surface area contributed by atoms with Gasteiger partial charge in [0.2, 0.25) is 5.91 Å². The van der Waals surface area contributed by atoms with E-state index in [9.17, 15) is 4.79 Å². The number of hydrogen-bond acceptors (Lipinski definition) is 6. The summed E-state index contributed by atoms with van der Waals surface area (Å²) in [6.07, 6.45) is 7.22. The number of nitrogens with zero attached hydrogens (tertiary/aromatic N) is 6. The molecule has 0 fully saturated rings. The molecule has 0 aromatic carbocycles. The number of hydrogen-bond donors (Lipinski definition) is 1. The first-order chi connectivity index (χ1) is 14.4. The SMILES string of the molecule is C.Cc1nc(CCc2cnn(Cc3ccccn3)c2)nc2c1NC(=O)[C@H](C(C)C)N2C. The van der Waals surface area contributed by atoms with Crippen molar-refractivity contribution < 1.29 is 4.79 Å². The van der Waals surface area contributed by atoms with Crippen molar-refractivity contribution in [2.24, 2.45) is 5.92 Å². The first kappa shape index (κ1) is 22.4. The highest BCUT2D eigenvalue weighted by Crippen LogP contribution is 2.33. The van der Waals surface area contributed by atoms with Gasteiger partial charge in [-0.05, 0) is 37.0 Å². The Balaban J connectivity index is 0.00000272. The molecule has 1 aliphatic rings. The van der Waals surface area contributed by atoms with Crippen molar-refractivity contribution in [3.63, 3.8) is 0 Å². The van der Waals surface area contributed by atoms with E-state index in [1.807, 2.05) is 68.0 Å². The Morgan fingerprint density at radius 1 is 1.19 bits per heavy atom. The van der Waals surface area contributed by atoms with Crippen LogP contribution in [0.4, 0.5) is 11.5 Å². The minimum absolute atomic E-state index is 0.